The van der Waals surface area contributed by atoms with Crippen LogP contribution in [0.3, 0.4) is 0 Å². The molecule has 0 spiro atoms. The van der Waals surface area contributed by atoms with Gasteiger partial charge in [0.15, 0.2) is 0 Å². The smallest absolute Gasteiger partial charge is 0.264 e. The molecule has 3 unspecified atom stereocenters. The highest BCUT2D eigenvalue weighted by Gasteiger charge is 2.40. The second-order valence-electron chi connectivity index (χ2n) is 5.86. The molecule has 3 rings (SSSR count). The van der Waals surface area contributed by atoms with E-state index in [1.54, 1.807) is 11.3 Å². The Morgan fingerprint density at radius 3 is 3.05 bits per heavy atom. The Morgan fingerprint density at radius 2 is 2.32 bits per heavy atom. The van der Waals surface area contributed by atoms with E-state index in [2.05, 4.69) is 13.0 Å². The van der Waals surface area contributed by atoms with Gasteiger partial charge in [-0.2, -0.15) is 0 Å². The van der Waals surface area contributed by atoms with Crippen LogP contribution in [-0.4, -0.2) is 29.9 Å². The third-order valence-electron chi connectivity index (χ3n) is 4.76. The molecule has 2 aliphatic rings. The largest absolute Gasteiger partial charge is 0.337 e. The van der Waals surface area contributed by atoms with Crippen molar-refractivity contribution in [3.8, 4) is 0 Å². The summed E-state index contributed by atoms with van der Waals surface area (Å²) < 4.78 is 0. The zero-order chi connectivity index (χ0) is 13.4. The Bertz CT molecular complexity index is 470. The van der Waals surface area contributed by atoms with E-state index in [9.17, 15) is 4.79 Å². The van der Waals surface area contributed by atoms with Crippen molar-refractivity contribution in [3.05, 3.63) is 21.9 Å². The van der Waals surface area contributed by atoms with Crippen LogP contribution in [0.4, 0.5) is 0 Å². The molecule has 1 aliphatic carbocycles. The second kappa shape index (κ2) is 5.25. The molecule has 0 bridgehead atoms. The maximum atomic E-state index is 12.6. The van der Waals surface area contributed by atoms with E-state index in [4.69, 9.17) is 5.73 Å². The molecule has 1 saturated heterocycles. The fourth-order valence-electron chi connectivity index (χ4n) is 3.63. The number of carbonyl (C=O) groups is 1. The van der Waals surface area contributed by atoms with Gasteiger partial charge in [0.05, 0.1) is 4.88 Å². The fourth-order valence-corrected chi connectivity index (χ4v) is 4.59. The van der Waals surface area contributed by atoms with Crippen LogP contribution >= 0.6 is 11.3 Å². The first-order valence-electron chi connectivity index (χ1n) is 7.32. The van der Waals surface area contributed by atoms with Crippen molar-refractivity contribution < 1.29 is 4.79 Å². The van der Waals surface area contributed by atoms with Crippen molar-refractivity contribution >= 4 is 17.2 Å². The molecule has 1 aromatic heterocycles. The molecule has 3 atom stereocenters. The monoisotopic (exact) mass is 278 g/mol. The molecule has 104 valence electrons. The minimum Gasteiger partial charge on any atom is -0.337 e. The van der Waals surface area contributed by atoms with Crippen molar-refractivity contribution in [1.29, 1.82) is 0 Å². The van der Waals surface area contributed by atoms with Gasteiger partial charge in [0.2, 0.25) is 0 Å². The van der Waals surface area contributed by atoms with Crippen LogP contribution in [-0.2, 0) is 6.42 Å². The topological polar surface area (TPSA) is 46.3 Å². The summed E-state index contributed by atoms with van der Waals surface area (Å²) in [5.41, 5.74) is 7.41. The average Bonchev–Trinajstić information content (AvgIpc) is 3.04. The predicted octanol–water partition coefficient (Wildman–Crippen LogP) is 2.51. The van der Waals surface area contributed by atoms with E-state index in [-0.39, 0.29) is 5.91 Å². The number of amides is 1. The molecule has 2 fully saturated rings. The molecule has 1 saturated carbocycles. The number of likely N-dealkylation sites (tertiary alicyclic amines) is 1. The fraction of sp³-hybridized carbons (Fsp3) is 0.667. The number of fused-ring (bicyclic) bond motifs is 1. The molecule has 1 amide bonds. The molecule has 2 N–H and O–H groups in total. The van der Waals surface area contributed by atoms with Gasteiger partial charge in [0, 0.05) is 19.1 Å². The summed E-state index contributed by atoms with van der Waals surface area (Å²) in [6.45, 7) is 3.89. The molecule has 2 heterocycles. The van der Waals surface area contributed by atoms with Gasteiger partial charge in [0.25, 0.3) is 5.91 Å². The van der Waals surface area contributed by atoms with Gasteiger partial charge in [-0.05, 0) is 48.1 Å². The van der Waals surface area contributed by atoms with Crippen LogP contribution in [0.25, 0.3) is 0 Å². The Morgan fingerprint density at radius 1 is 1.47 bits per heavy atom. The SMILES string of the molecule is CCc1ccsc1C(=O)N1CC2CCCC(N)C2C1. The van der Waals surface area contributed by atoms with E-state index < -0.39 is 0 Å². The Labute approximate surface area is 118 Å². The zero-order valence-corrected chi connectivity index (χ0v) is 12.3. The molecule has 0 radical (unpaired) electrons. The Balaban J connectivity index is 1.75. The Kier molecular flexibility index (Phi) is 3.63. The number of hydrogen-bond acceptors (Lipinski definition) is 3. The first kappa shape index (κ1) is 13.1. The maximum Gasteiger partial charge on any atom is 0.264 e. The molecule has 0 aromatic carbocycles. The lowest BCUT2D eigenvalue weighted by molar-refractivity contribution is 0.0787. The van der Waals surface area contributed by atoms with Crippen LogP contribution in [0, 0.1) is 11.8 Å². The predicted molar refractivity (Wildman–Crippen MR) is 78.4 cm³/mol. The maximum absolute atomic E-state index is 12.6. The molecule has 1 aliphatic heterocycles. The lowest BCUT2D eigenvalue weighted by atomic mass is 9.78. The highest BCUT2D eigenvalue weighted by molar-refractivity contribution is 7.12. The first-order chi connectivity index (χ1) is 9.20. The van der Waals surface area contributed by atoms with Gasteiger partial charge in [-0.25, -0.2) is 0 Å². The van der Waals surface area contributed by atoms with E-state index >= 15 is 0 Å². The first-order valence-corrected chi connectivity index (χ1v) is 8.20. The van der Waals surface area contributed by atoms with E-state index in [0.29, 0.717) is 17.9 Å². The summed E-state index contributed by atoms with van der Waals surface area (Å²) >= 11 is 1.58. The highest BCUT2D eigenvalue weighted by atomic mass is 32.1. The van der Waals surface area contributed by atoms with Crippen LogP contribution in [0.1, 0.15) is 41.4 Å². The molecule has 19 heavy (non-hydrogen) atoms. The average molecular weight is 278 g/mol. The number of nitrogens with two attached hydrogens (primary N) is 1. The van der Waals surface area contributed by atoms with E-state index in [0.717, 1.165) is 30.8 Å². The van der Waals surface area contributed by atoms with Crippen molar-refractivity contribution in [2.75, 3.05) is 13.1 Å². The zero-order valence-electron chi connectivity index (χ0n) is 11.5. The minimum atomic E-state index is 0.230. The Hall–Kier alpha value is -0.870. The summed E-state index contributed by atoms with van der Waals surface area (Å²) in [6.07, 6.45) is 4.53. The molecule has 3 nitrogen and oxygen atoms in total. The number of rotatable bonds is 2. The standard InChI is InChI=1S/C15H22N2OS/c1-2-10-6-7-19-14(10)15(18)17-8-11-4-3-5-13(16)12(11)9-17/h6-7,11-13H,2-5,8-9,16H2,1H3. The van der Waals surface area contributed by atoms with Crippen LogP contribution in [0.2, 0.25) is 0 Å². The molecule has 1 aromatic rings. The van der Waals surface area contributed by atoms with Crippen LogP contribution < -0.4 is 5.73 Å². The van der Waals surface area contributed by atoms with Gasteiger partial charge in [-0.15, -0.1) is 11.3 Å². The highest BCUT2D eigenvalue weighted by Crippen LogP contribution is 2.36. The summed E-state index contributed by atoms with van der Waals surface area (Å²) in [5, 5.41) is 2.03. The van der Waals surface area contributed by atoms with Crippen molar-refractivity contribution in [3.63, 3.8) is 0 Å². The van der Waals surface area contributed by atoms with Gasteiger partial charge in [0.1, 0.15) is 0 Å². The third-order valence-corrected chi connectivity index (χ3v) is 5.71. The van der Waals surface area contributed by atoms with Crippen molar-refractivity contribution in [2.24, 2.45) is 17.6 Å². The summed E-state index contributed by atoms with van der Waals surface area (Å²) in [6, 6.07) is 2.37. The number of nitrogens with zero attached hydrogens (tertiary/aromatic N) is 1. The molecular weight excluding hydrogens is 256 g/mol. The van der Waals surface area contributed by atoms with E-state index in [1.165, 1.54) is 18.4 Å². The normalized spacial score (nSPS) is 30.4. The lowest BCUT2D eigenvalue weighted by Crippen LogP contribution is -2.38. The minimum absolute atomic E-state index is 0.230. The molecule has 4 heteroatoms. The van der Waals surface area contributed by atoms with Crippen LogP contribution in [0.15, 0.2) is 11.4 Å². The number of carbonyl (C=O) groups excluding carboxylic acids is 1. The quantitative estimate of drug-likeness (QED) is 0.903. The van der Waals surface area contributed by atoms with Crippen LogP contribution in [0.5, 0.6) is 0 Å². The summed E-state index contributed by atoms with van der Waals surface area (Å²) in [5.74, 6) is 1.40. The van der Waals surface area contributed by atoms with E-state index in [1.807, 2.05) is 10.3 Å². The van der Waals surface area contributed by atoms with Gasteiger partial charge < -0.3 is 10.6 Å². The number of thiophene rings is 1. The molecular formula is C15H22N2OS. The number of aryl methyl sites for hydroxylation is 1. The number of hydrogen-bond donors (Lipinski definition) is 1. The van der Waals surface area contributed by atoms with Gasteiger partial charge >= 0.3 is 0 Å². The summed E-state index contributed by atoms with van der Waals surface area (Å²) in [7, 11) is 0. The van der Waals surface area contributed by atoms with Gasteiger partial charge in [-0.1, -0.05) is 13.3 Å². The van der Waals surface area contributed by atoms with Crippen molar-refractivity contribution in [1.82, 2.24) is 4.90 Å². The lowest BCUT2D eigenvalue weighted by Gasteiger charge is -2.29. The summed E-state index contributed by atoms with van der Waals surface area (Å²) in [4.78, 5) is 15.6. The second-order valence-corrected chi connectivity index (χ2v) is 6.77. The third kappa shape index (κ3) is 2.32. The van der Waals surface area contributed by atoms with Gasteiger partial charge in [-0.3, -0.25) is 4.79 Å². The van der Waals surface area contributed by atoms with Crippen molar-refractivity contribution in [2.45, 2.75) is 38.6 Å².